The van der Waals surface area contributed by atoms with Gasteiger partial charge in [0.2, 0.25) is 0 Å². The van der Waals surface area contributed by atoms with Crippen LogP contribution < -0.4 is 16.7 Å². The van der Waals surface area contributed by atoms with Crippen LogP contribution in [0.15, 0.2) is 0 Å². The van der Waals surface area contributed by atoms with Gasteiger partial charge >= 0.3 is 146 Å². The first-order valence-corrected chi connectivity index (χ1v) is 5.35. The average Bonchev–Trinajstić information content (AvgIpc) is 1.19. The molecule has 0 aromatic rings. The van der Waals surface area contributed by atoms with E-state index in [0.717, 1.165) is 0 Å². The van der Waals surface area contributed by atoms with E-state index in [0.29, 0.717) is 0 Å². The summed E-state index contributed by atoms with van der Waals surface area (Å²) in [4.78, 5) is 0. The van der Waals surface area contributed by atoms with Gasteiger partial charge in [0.25, 0.3) is 0 Å². The van der Waals surface area contributed by atoms with Crippen LogP contribution in [0.3, 0.4) is 0 Å². The third-order valence-electron chi connectivity index (χ3n) is 0. The van der Waals surface area contributed by atoms with Crippen molar-refractivity contribution in [3.05, 3.63) is 0 Å². The van der Waals surface area contributed by atoms with Gasteiger partial charge < -0.3 is 0 Å². The van der Waals surface area contributed by atoms with Crippen molar-refractivity contribution < 1.29 is 131 Å². The first-order chi connectivity index (χ1) is 3.73. The van der Waals surface area contributed by atoms with Gasteiger partial charge in [0.05, 0.1) is 0 Å². The van der Waals surface area contributed by atoms with Gasteiger partial charge in [-0.1, -0.05) is 0 Å². The maximum atomic E-state index is 8.59. The van der Waals surface area contributed by atoms with Gasteiger partial charge in [-0.25, -0.2) is 0 Å². The van der Waals surface area contributed by atoms with Crippen LogP contribution in [-0.4, -0.2) is 14.5 Å². The van der Waals surface area contributed by atoms with Crippen LogP contribution >= 0.6 is 0 Å². The summed E-state index contributed by atoms with van der Waals surface area (Å²) in [7, 11) is 0. The summed E-state index contributed by atoms with van der Waals surface area (Å²) in [5.41, 5.74) is 0. The van der Waals surface area contributed by atoms with Gasteiger partial charge in [0, 0.05) is 0 Å². The summed E-state index contributed by atoms with van der Waals surface area (Å²) >= 11 is -9.54. The van der Waals surface area contributed by atoms with Crippen LogP contribution in [0.4, 0.5) is 0 Å². The molecule has 7 nitrogen and oxygen atoms in total. The molecule has 0 atom stereocenters. The van der Waals surface area contributed by atoms with Gasteiger partial charge in [-0.3, -0.25) is 0 Å². The Morgan fingerprint density at radius 1 is 0.846 bits per heavy atom. The predicted molar refractivity (Wildman–Crippen MR) is 7.81 cm³/mol. The number of hydrogen-bond acceptors (Lipinski definition) is 7. The summed E-state index contributed by atoms with van der Waals surface area (Å²) in [6, 6.07) is 0. The van der Waals surface area contributed by atoms with E-state index in [1.54, 1.807) is 0 Å². The standard InChI is InChI=1S/4Ag.Cr.H2O3Se.4O/c;;;;;1-4(2)3;;;;/h;;;;;(H2,1,2,3);;;;/q4*+1;;;;;2*-1/p-2. The summed E-state index contributed by atoms with van der Waals surface area (Å²) in [5, 5.41) is 0. The maximum absolute atomic E-state index is 8.59. The zero-order chi connectivity index (χ0) is 8.08. The number of rotatable bonds is 0. The fourth-order valence-electron chi connectivity index (χ4n) is 0. The normalized spacial score (nSPS) is 7.15. The zero-order valence-corrected chi connectivity index (χ0v) is 13.8. The summed E-state index contributed by atoms with van der Waals surface area (Å²) in [5.74, 6) is 0. The van der Waals surface area contributed by atoms with Gasteiger partial charge in [-0.15, -0.1) is 0 Å². The average molecular weight is 674 g/mol. The molecule has 0 aliphatic carbocycles. The molecule has 0 aromatic heterocycles. The fraction of sp³-hybridized carbons (Fsp3) is 0. The molecule has 0 N–H and O–H groups in total. The zero-order valence-electron chi connectivity index (χ0n) is 4.88. The van der Waals surface area contributed by atoms with Crippen molar-refractivity contribution in [2.45, 2.75) is 0 Å². The first kappa shape index (κ1) is 36.0. The second kappa shape index (κ2) is 20.6. The van der Waals surface area contributed by atoms with E-state index in [-0.39, 0.29) is 89.5 Å². The van der Waals surface area contributed by atoms with Crippen molar-refractivity contribution in [1.29, 1.82) is 0 Å². The third-order valence-corrected chi connectivity index (χ3v) is 0. The molecule has 0 saturated carbocycles. The van der Waals surface area contributed by atoms with E-state index >= 15 is 0 Å². The third kappa shape index (κ3) is 253. The van der Waals surface area contributed by atoms with Crippen molar-refractivity contribution in [3.63, 3.8) is 0 Å². The Balaban J connectivity index is -0.0000000146. The Hall–Kier alpha value is 3.25. The Morgan fingerprint density at radius 2 is 0.846 bits per heavy atom. The Bertz CT molecular complexity index is 163. The van der Waals surface area contributed by atoms with E-state index in [2.05, 4.69) is 0 Å². The molecule has 98 valence electrons. The van der Waals surface area contributed by atoms with Crippen LogP contribution in [0.1, 0.15) is 0 Å². The molecule has 0 amide bonds. The van der Waals surface area contributed by atoms with Crippen LogP contribution in [-0.2, 0) is 115 Å². The predicted octanol–water partition coefficient (Wildman–Crippen LogP) is -5.51. The molecule has 13 heavy (non-hydrogen) atoms. The molecule has 0 heterocycles. The Kier molecular flexibility index (Phi) is 57.1. The molecule has 13 heteroatoms. The van der Waals surface area contributed by atoms with Crippen molar-refractivity contribution in [3.8, 4) is 0 Å². The SMILES string of the molecule is O=[Se]([O-])[O-].[Ag+].[Ag+].[Ag+].[Ag+].[O]=[Cr](=[O])([O-])[O-]. The first-order valence-electron chi connectivity index (χ1n) is 1.17. The molecule has 0 aliphatic rings. The van der Waals surface area contributed by atoms with Gasteiger partial charge in [-0.05, 0) is 0 Å². The van der Waals surface area contributed by atoms with Crippen LogP contribution in [0.2, 0.25) is 0 Å². The Morgan fingerprint density at radius 3 is 0.846 bits per heavy atom. The van der Waals surface area contributed by atoms with E-state index in [4.69, 9.17) is 28.1 Å². The fourth-order valence-corrected chi connectivity index (χ4v) is 0. The van der Waals surface area contributed by atoms with E-state index in [9.17, 15) is 0 Å². The second-order valence-corrected chi connectivity index (χ2v) is 2.74. The molecule has 0 spiro atoms. The summed E-state index contributed by atoms with van der Waals surface area (Å²) < 4.78 is 60.0. The topological polar surface area (TPSA) is 143 Å². The van der Waals surface area contributed by atoms with Crippen LogP contribution in [0, 0.1) is 0 Å². The molecular weight excluding hydrogens is 674 g/mol. The van der Waals surface area contributed by atoms with Crippen LogP contribution in [0.25, 0.3) is 0 Å². The van der Waals surface area contributed by atoms with Crippen molar-refractivity contribution in [2.24, 2.45) is 0 Å². The van der Waals surface area contributed by atoms with Crippen molar-refractivity contribution >= 4 is 14.5 Å². The quantitative estimate of drug-likeness (QED) is 0.234. The van der Waals surface area contributed by atoms with Gasteiger partial charge in [0.15, 0.2) is 0 Å². The summed E-state index contributed by atoms with van der Waals surface area (Å²) in [6.45, 7) is 0. The van der Waals surface area contributed by atoms with E-state index in [1.165, 1.54) is 0 Å². The molecule has 0 radical (unpaired) electrons. The molecule has 0 rings (SSSR count). The minimum atomic E-state index is -5.75. The Labute approximate surface area is 143 Å². The minimum absolute atomic E-state index is 0. The molecule has 0 bridgehead atoms. The van der Waals surface area contributed by atoms with E-state index in [1.807, 2.05) is 0 Å². The monoisotopic (exact) mass is 671 g/mol. The van der Waals surface area contributed by atoms with Crippen molar-refractivity contribution in [2.75, 3.05) is 0 Å². The van der Waals surface area contributed by atoms with Gasteiger partial charge in [0.1, 0.15) is 0 Å². The van der Waals surface area contributed by atoms with Crippen molar-refractivity contribution in [1.82, 2.24) is 0 Å². The molecule has 0 fully saturated rings. The van der Waals surface area contributed by atoms with Gasteiger partial charge in [-0.2, -0.15) is 0 Å². The molecule has 0 unspecified atom stereocenters. The van der Waals surface area contributed by atoms with Crippen LogP contribution in [0.5, 0.6) is 0 Å². The molecular formula is Ag4CrO7Se. The van der Waals surface area contributed by atoms with E-state index < -0.39 is 28.1 Å². The summed E-state index contributed by atoms with van der Waals surface area (Å²) in [6.07, 6.45) is 0. The second-order valence-electron chi connectivity index (χ2n) is 0.612. The molecule has 0 saturated heterocycles. The number of hydrogen-bond donors (Lipinski definition) is 0. The molecule has 0 aromatic carbocycles. The molecule has 0 aliphatic heterocycles.